The van der Waals surface area contributed by atoms with E-state index in [1.807, 2.05) is 0 Å². The quantitative estimate of drug-likeness (QED) is 0.708. The van der Waals surface area contributed by atoms with E-state index in [-0.39, 0.29) is 12.1 Å². The Morgan fingerprint density at radius 2 is 2.12 bits per heavy atom. The molecule has 1 rings (SSSR count). The zero-order valence-electron chi connectivity index (χ0n) is 11.1. The highest BCUT2D eigenvalue weighted by Crippen LogP contribution is 2.05. The van der Waals surface area contributed by atoms with Crippen LogP contribution in [0.25, 0.3) is 0 Å². The van der Waals surface area contributed by atoms with Crippen LogP contribution in [0.2, 0.25) is 0 Å². The summed E-state index contributed by atoms with van der Waals surface area (Å²) >= 11 is 0. The minimum atomic E-state index is 0.0897. The van der Waals surface area contributed by atoms with Crippen LogP contribution in [0.1, 0.15) is 26.3 Å². The van der Waals surface area contributed by atoms with Crippen molar-refractivity contribution >= 4 is 0 Å². The topological polar surface area (TPSA) is 46.4 Å². The van der Waals surface area contributed by atoms with Gasteiger partial charge in [0.25, 0.3) is 0 Å². The standard InChI is InChI=1S/C13H24N2O2/c1-13(2,3)14-10-12-4-5-15(11-12)6-8-17-9-7-16/h4-5,11,14,16H,6-10H2,1-3H3. The third-order valence-corrected chi connectivity index (χ3v) is 2.36. The normalized spacial score (nSPS) is 12.0. The van der Waals surface area contributed by atoms with Gasteiger partial charge in [0.2, 0.25) is 0 Å². The first-order chi connectivity index (χ1) is 8.01. The van der Waals surface area contributed by atoms with Gasteiger partial charge in [-0.15, -0.1) is 0 Å². The lowest BCUT2D eigenvalue weighted by Crippen LogP contribution is -2.34. The molecule has 0 atom stereocenters. The number of aliphatic hydroxyl groups is 1. The van der Waals surface area contributed by atoms with Crippen molar-refractivity contribution in [1.82, 2.24) is 9.88 Å². The molecule has 1 heterocycles. The van der Waals surface area contributed by atoms with E-state index in [0.717, 1.165) is 13.1 Å². The van der Waals surface area contributed by atoms with Gasteiger partial charge in [0.15, 0.2) is 0 Å². The predicted octanol–water partition coefficient (Wildman–Crippen LogP) is 1.39. The van der Waals surface area contributed by atoms with Gasteiger partial charge in [-0.05, 0) is 32.4 Å². The summed E-state index contributed by atoms with van der Waals surface area (Å²) in [5.74, 6) is 0. The Kier molecular flexibility index (Phi) is 5.68. The van der Waals surface area contributed by atoms with Crippen molar-refractivity contribution in [1.29, 1.82) is 0 Å². The van der Waals surface area contributed by atoms with Crippen molar-refractivity contribution in [2.24, 2.45) is 0 Å². The second-order valence-corrected chi connectivity index (χ2v) is 5.20. The molecule has 1 aromatic rings. The Bertz CT molecular complexity index is 315. The highest BCUT2D eigenvalue weighted by Gasteiger charge is 2.08. The molecule has 0 aromatic carbocycles. The number of aliphatic hydroxyl groups excluding tert-OH is 1. The molecule has 0 spiro atoms. The van der Waals surface area contributed by atoms with E-state index < -0.39 is 0 Å². The summed E-state index contributed by atoms with van der Waals surface area (Å²) in [4.78, 5) is 0. The lowest BCUT2D eigenvalue weighted by Gasteiger charge is -2.19. The zero-order valence-corrected chi connectivity index (χ0v) is 11.1. The van der Waals surface area contributed by atoms with Gasteiger partial charge in [-0.1, -0.05) is 0 Å². The summed E-state index contributed by atoms with van der Waals surface area (Å²) in [5, 5.41) is 12.0. The van der Waals surface area contributed by atoms with Crippen LogP contribution in [0.3, 0.4) is 0 Å². The van der Waals surface area contributed by atoms with Crippen molar-refractivity contribution in [3.8, 4) is 0 Å². The number of nitrogens with one attached hydrogen (secondary N) is 1. The highest BCUT2D eigenvalue weighted by atomic mass is 16.5. The monoisotopic (exact) mass is 240 g/mol. The van der Waals surface area contributed by atoms with Crippen molar-refractivity contribution in [3.63, 3.8) is 0 Å². The van der Waals surface area contributed by atoms with Gasteiger partial charge in [0, 0.05) is 31.0 Å². The van der Waals surface area contributed by atoms with Gasteiger partial charge in [0.1, 0.15) is 0 Å². The Balaban J connectivity index is 2.28. The molecule has 0 radical (unpaired) electrons. The SMILES string of the molecule is CC(C)(C)NCc1ccn(CCOCCO)c1. The van der Waals surface area contributed by atoms with E-state index in [0.29, 0.717) is 13.2 Å². The van der Waals surface area contributed by atoms with Crippen LogP contribution < -0.4 is 5.32 Å². The Labute approximate surface area is 104 Å². The molecule has 0 amide bonds. The van der Waals surface area contributed by atoms with Crippen LogP contribution in [0, 0.1) is 0 Å². The maximum absolute atomic E-state index is 8.57. The molecule has 0 fully saturated rings. The lowest BCUT2D eigenvalue weighted by molar-refractivity contribution is 0.0870. The van der Waals surface area contributed by atoms with Crippen LogP contribution in [0.4, 0.5) is 0 Å². The van der Waals surface area contributed by atoms with Gasteiger partial charge in [-0.3, -0.25) is 0 Å². The van der Waals surface area contributed by atoms with Gasteiger partial charge in [-0.2, -0.15) is 0 Å². The summed E-state index contributed by atoms with van der Waals surface area (Å²) in [6, 6.07) is 2.12. The number of ether oxygens (including phenoxy) is 1. The number of hydrogen-bond acceptors (Lipinski definition) is 3. The highest BCUT2D eigenvalue weighted by molar-refractivity contribution is 5.10. The average Bonchev–Trinajstić information content (AvgIpc) is 2.69. The first kappa shape index (κ1) is 14.2. The fraction of sp³-hybridized carbons (Fsp3) is 0.692. The summed E-state index contributed by atoms with van der Waals surface area (Å²) in [6.07, 6.45) is 4.18. The summed E-state index contributed by atoms with van der Waals surface area (Å²) in [7, 11) is 0. The van der Waals surface area contributed by atoms with E-state index in [2.05, 4.69) is 49.1 Å². The number of rotatable bonds is 7. The Morgan fingerprint density at radius 1 is 1.35 bits per heavy atom. The molecule has 0 aliphatic heterocycles. The molecule has 0 aliphatic rings. The fourth-order valence-electron chi connectivity index (χ4n) is 1.44. The molecule has 0 unspecified atom stereocenters. The van der Waals surface area contributed by atoms with Crippen LogP contribution in [0.5, 0.6) is 0 Å². The second-order valence-electron chi connectivity index (χ2n) is 5.20. The molecule has 98 valence electrons. The molecule has 0 saturated heterocycles. The number of aromatic nitrogens is 1. The van der Waals surface area contributed by atoms with E-state index >= 15 is 0 Å². The molecule has 2 N–H and O–H groups in total. The molecule has 0 aliphatic carbocycles. The van der Waals surface area contributed by atoms with E-state index in [4.69, 9.17) is 9.84 Å². The summed E-state index contributed by atoms with van der Waals surface area (Å²) < 4.78 is 7.33. The van der Waals surface area contributed by atoms with Gasteiger partial charge in [-0.25, -0.2) is 0 Å². The van der Waals surface area contributed by atoms with Gasteiger partial charge in [0.05, 0.1) is 19.8 Å². The van der Waals surface area contributed by atoms with Crippen LogP contribution in [-0.2, 0) is 17.8 Å². The molecule has 4 nitrogen and oxygen atoms in total. The second kappa shape index (κ2) is 6.79. The van der Waals surface area contributed by atoms with Gasteiger partial charge < -0.3 is 19.7 Å². The van der Waals surface area contributed by atoms with Crippen LogP contribution in [0.15, 0.2) is 18.5 Å². The fourth-order valence-corrected chi connectivity index (χ4v) is 1.44. The molecule has 4 heteroatoms. The van der Waals surface area contributed by atoms with Crippen LogP contribution >= 0.6 is 0 Å². The Morgan fingerprint density at radius 3 is 2.76 bits per heavy atom. The van der Waals surface area contributed by atoms with E-state index in [9.17, 15) is 0 Å². The van der Waals surface area contributed by atoms with Crippen molar-refractivity contribution in [2.45, 2.75) is 39.4 Å². The third kappa shape index (κ3) is 6.46. The molecule has 17 heavy (non-hydrogen) atoms. The predicted molar refractivity (Wildman–Crippen MR) is 68.9 cm³/mol. The molecule has 0 bridgehead atoms. The maximum atomic E-state index is 8.57. The summed E-state index contributed by atoms with van der Waals surface area (Å²) in [5.41, 5.74) is 1.42. The van der Waals surface area contributed by atoms with E-state index in [1.165, 1.54) is 5.56 Å². The van der Waals surface area contributed by atoms with Gasteiger partial charge >= 0.3 is 0 Å². The number of nitrogens with zero attached hydrogens (tertiary/aromatic N) is 1. The zero-order chi connectivity index (χ0) is 12.7. The molecule has 0 saturated carbocycles. The smallest absolute Gasteiger partial charge is 0.0698 e. The number of hydrogen-bond donors (Lipinski definition) is 2. The maximum Gasteiger partial charge on any atom is 0.0698 e. The summed E-state index contributed by atoms with van der Waals surface area (Å²) in [6.45, 7) is 9.34. The minimum absolute atomic E-state index is 0.0897. The first-order valence-electron chi connectivity index (χ1n) is 6.09. The molecule has 1 aromatic heterocycles. The largest absolute Gasteiger partial charge is 0.394 e. The first-order valence-corrected chi connectivity index (χ1v) is 6.09. The van der Waals surface area contributed by atoms with Crippen LogP contribution in [-0.4, -0.2) is 35.0 Å². The molecular weight excluding hydrogens is 216 g/mol. The van der Waals surface area contributed by atoms with Crippen molar-refractivity contribution in [3.05, 3.63) is 24.0 Å². The third-order valence-electron chi connectivity index (χ3n) is 2.36. The van der Waals surface area contributed by atoms with Crippen molar-refractivity contribution in [2.75, 3.05) is 19.8 Å². The van der Waals surface area contributed by atoms with Crippen molar-refractivity contribution < 1.29 is 9.84 Å². The minimum Gasteiger partial charge on any atom is -0.394 e. The van der Waals surface area contributed by atoms with E-state index in [1.54, 1.807) is 0 Å². The molecular formula is C13H24N2O2. The lowest BCUT2D eigenvalue weighted by atomic mass is 10.1. The Hall–Kier alpha value is -0.840. The average molecular weight is 240 g/mol.